The highest BCUT2D eigenvalue weighted by atomic mass is 79.9. The lowest BCUT2D eigenvalue weighted by molar-refractivity contribution is -0.137. The van der Waals surface area contributed by atoms with E-state index in [1.807, 2.05) is 43.3 Å². The van der Waals surface area contributed by atoms with E-state index in [1.165, 1.54) is 12.1 Å². The molecule has 0 saturated carbocycles. The lowest BCUT2D eigenvalue weighted by atomic mass is 9.96. The number of amides is 1. The number of nitrogens with zero attached hydrogens (tertiary/aromatic N) is 1. The summed E-state index contributed by atoms with van der Waals surface area (Å²) in [5.41, 5.74) is 2.02. The first-order valence-electron chi connectivity index (χ1n) is 9.85. The van der Waals surface area contributed by atoms with Crippen molar-refractivity contribution in [2.75, 3.05) is 0 Å². The molecule has 162 valence electrons. The minimum absolute atomic E-state index is 0.235. The Bertz CT molecular complexity index is 1290. The number of fused-ring (bicyclic) bond motifs is 1. The predicted octanol–water partition coefficient (Wildman–Crippen LogP) is 7.17. The van der Waals surface area contributed by atoms with Crippen LogP contribution in [0.3, 0.4) is 0 Å². The number of hydrogen-bond donors (Lipinski definition) is 1. The van der Waals surface area contributed by atoms with Crippen LogP contribution in [0.15, 0.2) is 83.5 Å². The fourth-order valence-corrected chi connectivity index (χ4v) is 3.88. The summed E-state index contributed by atoms with van der Waals surface area (Å²) < 4.78 is 39.5. The summed E-state index contributed by atoms with van der Waals surface area (Å²) in [6, 6.07) is 19.3. The number of benzene rings is 3. The van der Waals surface area contributed by atoms with Gasteiger partial charge in [-0.15, -0.1) is 0 Å². The highest BCUT2D eigenvalue weighted by molar-refractivity contribution is 9.10. The van der Waals surface area contributed by atoms with E-state index in [0.29, 0.717) is 11.1 Å². The fourth-order valence-electron chi connectivity index (χ4n) is 3.53. The number of pyridine rings is 1. The van der Waals surface area contributed by atoms with Gasteiger partial charge in [0.15, 0.2) is 0 Å². The molecule has 0 saturated heterocycles. The number of carbonyl (C=O) groups excluding carboxylic acids is 1. The first kappa shape index (κ1) is 22.0. The van der Waals surface area contributed by atoms with Crippen LogP contribution in [0.25, 0.3) is 21.9 Å². The molecule has 1 N–H and O–H groups in total. The van der Waals surface area contributed by atoms with Gasteiger partial charge in [-0.3, -0.25) is 9.78 Å². The van der Waals surface area contributed by atoms with Crippen LogP contribution in [0, 0.1) is 0 Å². The molecule has 1 heterocycles. The summed E-state index contributed by atoms with van der Waals surface area (Å²) >= 11 is 3.40. The molecule has 32 heavy (non-hydrogen) atoms. The second kappa shape index (κ2) is 8.74. The molecular formula is C25H18BrF3N2O. The first-order chi connectivity index (χ1) is 15.2. The van der Waals surface area contributed by atoms with Crippen molar-refractivity contribution in [3.63, 3.8) is 0 Å². The summed E-state index contributed by atoms with van der Waals surface area (Å²) in [5.74, 6) is -0.235. The Morgan fingerprint density at radius 3 is 2.44 bits per heavy atom. The van der Waals surface area contributed by atoms with Crippen molar-refractivity contribution in [1.82, 2.24) is 10.3 Å². The number of halogens is 4. The standard InChI is InChI=1S/C25H18BrF3N2O/c1-15(23-14-20(26)11-12-30-23)31-24(32)18-7-10-22-17(13-18)3-2-4-21(22)16-5-8-19(9-6-16)25(27,28)29/h2-15H,1H3,(H,31,32). The third-order valence-corrected chi connectivity index (χ3v) is 5.69. The van der Waals surface area contributed by atoms with Crippen molar-refractivity contribution >= 4 is 32.6 Å². The number of rotatable bonds is 4. The molecule has 0 bridgehead atoms. The Morgan fingerprint density at radius 1 is 1.00 bits per heavy atom. The van der Waals surface area contributed by atoms with E-state index in [4.69, 9.17) is 0 Å². The predicted molar refractivity (Wildman–Crippen MR) is 122 cm³/mol. The van der Waals surface area contributed by atoms with Crippen LogP contribution in [0.1, 0.15) is 34.6 Å². The highest BCUT2D eigenvalue weighted by Gasteiger charge is 2.30. The molecule has 1 aromatic heterocycles. The molecule has 1 amide bonds. The van der Waals surface area contributed by atoms with E-state index in [9.17, 15) is 18.0 Å². The minimum atomic E-state index is -4.37. The fraction of sp³-hybridized carbons (Fsp3) is 0.120. The first-order valence-corrected chi connectivity index (χ1v) is 10.6. The Hall–Kier alpha value is -3.19. The number of hydrogen-bond acceptors (Lipinski definition) is 2. The maximum atomic E-state index is 12.9. The minimum Gasteiger partial charge on any atom is -0.344 e. The second-order valence-electron chi connectivity index (χ2n) is 7.41. The smallest absolute Gasteiger partial charge is 0.344 e. The van der Waals surface area contributed by atoms with Gasteiger partial charge in [0.05, 0.1) is 17.3 Å². The van der Waals surface area contributed by atoms with Crippen molar-refractivity contribution in [3.05, 3.63) is 100 Å². The third-order valence-electron chi connectivity index (χ3n) is 5.20. The SMILES string of the molecule is CC(NC(=O)c1ccc2c(-c3ccc(C(F)(F)F)cc3)cccc2c1)c1cc(Br)ccn1. The Balaban J connectivity index is 1.61. The summed E-state index contributed by atoms with van der Waals surface area (Å²) in [6.07, 6.45) is -2.71. The molecule has 0 fully saturated rings. The topological polar surface area (TPSA) is 42.0 Å². The van der Waals surface area contributed by atoms with Crippen LogP contribution in [-0.4, -0.2) is 10.9 Å². The van der Waals surface area contributed by atoms with E-state index in [0.717, 1.165) is 38.6 Å². The quantitative estimate of drug-likeness (QED) is 0.324. The van der Waals surface area contributed by atoms with Crippen LogP contribution in [0.2, 0.25) is 0 Å². The molecule has 0 aliphatic rings. The van der Waals surface area contributed by atoms with Gasteiger partial charge >= 0.3 is 6.18 Å². The molecule has 0 spiro atoms. The molecule has 1 unspecified atom stereocenters. The van der Waals surface area contributed by atoms with Gasteiger partial charge in [0.25, 0.3) is 5.91 Å². The van der Waals surface area contributed by atoms with Crippen LogP contribution in [-0.2, 0) is 6.18 Å². The van der Waals surface area contributed by atoms with Crippen molar-refractivity contribution in [1.29, 1.82) is 0 Å². The van der Waals surface area contributed by atoms with Crippen LogP contribution in [0.4, 0.5) is 13.2 Å². The zero-order valence-corrected chi connectivity index (χ0v) is 18.5. The zero-order valence-electron chi connectivity index (χ0n) is 17.0. The molecule has 7 heteroatoms. The van der Waals surface area contributed by atoms with E-state index in [-0.39, 0.29) is 11.9 Å². The van der Waals surface area contributed by atoms with Gasteiger partial charge in [-0.05, 0) is 65.2 Å². The van der Waals surface area contributed by atoms with Gasteiger partial charge in [-0.25, -0.2) is 0 Å². The summed E-state index contributed by atoms with van der Waals surface area (Å²) in [4.78, 5) is 17.1. The lowest BCUT2D eigenvalue weighted by Gasteiger charge is -2.14. The van der Waals surface area contributed by atoms with Gasteiger partial charge in [-0.2, -0.15) is 13.2 Å². The van der Waals surface area contributed by atoms with Crippen LogP contribution < -0.4 is 5.32 Å². The Labute approximate surface area is 191 Å². The molecule has 0 aliphatic carbocycles. The average molecular weight is 499 g/mol. The second-order valence-corrected chi connectivity index (χ2v) is 8.33. The summed E-state index contributed by atoms with van der Waals surface area (Å²) in [5, 5.41) is 4.62. The molecule has 3 aromatic carbocycles. The lowest BCUT2D eigenvalue weighted by Crippen LogP contribution is -2.27. The number of aromatic nitrogens is 1. The van der Waals surface area contributed by atoms with E-state index in [1.54, 1.807) is 18.3 Å². The van der Waals surface area contributed by atoms with Crippen molar-refractivity contribution in [2.24, 2.45) is 0 Å². The van der Waals surface area contributed by atoms with Crippen LogP contribution in [0.5, 0.6) is 0 Å². The molecule has 1 atom stereocenters. The van der Waals surface area contributed by atoms with Gasteiger partial charge in [0.1, 0.15) is 0 Å². The van der Waals surface area contributed by atoms with Gasteiger partial charge < -0.3 is 5.32 Å². The number of carbonyl (C=O) groups is 1. The maximum Gasteiger partial charge on any atom is 0.416 e. The molecule has 4 rings (SSSR count). The van der Waals surface area contributed by atoms with E-state index >= 15 is 0 Å². The van der Waals surface area contributed by atoms with Gasteiger partial charge in [0, 0.05) is 16.2 Å². The third kappa shape index (κ3) is 4.67. The number of alkyl halides is 3. The largest absolute Gasteiger partial charge is 0.416 e. The molecular weight excluding hydrogens is 481 g/mol. The van der Waals surface area contributed by atoms with Crippen molar-refractivity contribution in [2.45, 2.75) is 19.1 Å². The normalized spacial score (nSPS) is 12.5. The zero-order chi connectivity index (χ0) is 22.9. The Morgan fingerprint density at radius 2 is 1.75 bits per heavy atom. The number of nitrogens with one attached hydrogen (secondary N) is 1. The van der Waals surface area contributed by atoms with Gasteiger partial charge in [-0.1, -0.05) is 52.3 Å². The van der Waals surface area contributed by atoms with E-state index < -0.39 is 11.7 Å². The molecule has 3 nitrogen and oxygen atoms in total. The molecule has 0 aliphatic heterocycles. The van der Waals surface area contributed by atoms with Gasteiger partial charge in [0.2, 0.25) is 0 Å². The average Bonchev–Trinajstić information content (AvgIpc) is 2.77. The Kier molecular flexibility index (Phi) is 6.02. The summed E-state index contributed by atoms with van der Waals surface area (Å²) in [7, 11) is 0. The molecule has 0 radical (unpaired) electrons. The van der Waals surface area contributed by atoms with Crippen molar-refractivity contribution < 1.29 is 18.0 Å². The molecule has 4 aromatic rings. The van der Waals surface area contributed by atoms with Crippen LogP contribution >= 0.6 is 15.9 Å². The van der Waals surface area contributed by atoms with Crippen molar-refractivity contribution in [3.8, 4) is 11.1 Å². The highest BCUT2D eigenvalue weighted by Crippen LogP contribution is 2.33. The van der Waals surface area contributed by atoms with E-state index in [2.05, 4.69) is 26.2 Å². The monoisotopic (exact) mass is 498 g/mol. The maximum absolute atomic E-state index is 12.9. The summed E-state index contributed by atoms with van der Waals surface area (Å²) in [6.45, 7) is 1.86.